The van der Waals surface area contributed by atoms with Crippen LogP contribution in [0.4, 0.5) is 0 Å². The average Bonchev–Trinajstić information content (AvgIpc) is 3.08. The number of carboxylic acid groups (broad SMARTS) is 1. The van der Waals surface area contributed by atoms with Gasteiger partial charge in [-0.15, -0.1) is 0 Å². The number of aldehydes is 1. The number of aliphatic carboxylic acids is 1. The summed E-state index contributed by atoms with van der Waals surface area (Å²) in [5.74, 6) is -1.70. The van der Waals surface area contributed by atoms with Crippen LogP contribution in [0, 0.1) is 19.8 Å². The summed E-state index contributed by atoms with van der Waals surface area (Å²) in [6.07, 6.45) is 0.704. The predicted octanol–water partition coefficient (Wildman–Crippen LogP) is 1.74. The van der Waals surface area contributed by atoms with Crippen LogP contribution < -0.4 is 10.6 Å². The van der Waals surface area contributed by atoms with E-state index in [1.54, 1.807) is 26.0 Å². The number of carbonyl (C=O) groups excluding carboxylic acids is 3. The van der Waals surface area contributed by atoms with Gasteiger partial charge in [-0.1, -0.05) is 20.4 Å². The molecule has 1 aliphatic heterocycles. The van der Waals surface area contributed by atoms with E-state index in [2.05, 4.69) is 17.2 Å². The van der Waals surface area contributed by atoms with E-state index in [0.29, 0.717) is 42.5 Å². The number of carbonyl (C=O) groups is 4. The van der Waals surface area contributed by atoms with Crippen molar-refractivity contribution < 1.29 is 29.4 Å². The lowest BCUT2D eigenvalue weighted by atomic mass is 10.0. The molecule has 9 heteroatoms. The molecule has 0 bridgehead atoms. The van der Waals surface area contributed by atoms with E-state index >= 15 is 0 Å². The van der Waals surface area contributed by atoms with Gasteiger partial charge in [0.1, 0.15) is 24.1 Å². The van der Waals surface area contributed by atoms with Crippen LogP contribution >= 0.6 is 0 Å². The summed E-state index contributed by atoms with van der Waals surface area (Å²) >= 11 is 0. The van der Waals surface area contributed by atoms with Crippen LogP contribution in [0.15, 0.2) is 18.7 Å². The zero-order valence-corrected chi connectivity index (χ0v) is 19.6. The Hall–Kier alpha value is -3.36. The first kappa shape index (κ1) is 25.9. The van der Waals surface area contributed by atoms with Gasteiger partial charge < -0.3 is 30.5 Å². The Labute approximate surface area is 193 Å². The first-order chi connectivity index (χ1) is 15.4. The lowest BCUT2D eigenvalue weighted by Gasteiger charge is -2.29. The van der Waals surface area contributed by atoms with Crippen molar-refractivity contribution in [3.63, 3.8) is 0 Å². The molecular formula is C24H33N3O6. The highest BCUT2D eigenvalue weighted by molar-refractivity contribution is 5.93. The molecule has 2 amide bonds. The van der Waals surface area contributed by atoms with Gasteiger partial charge >= 0.3 is 5.97 Å². The molecule has 1 aromatic carbocycles. The number of phenols is 1. The quantitative estimate of drug-likeness (QED) is 0.370. The molecule has 4 N–H and O–H groups in total. The third kappa shape index (κ3) is 6.57. The normalized spacial score (nSPS) is 17.5. The van der Waals surface area contributed by atoms with Gasteiger partial charge in [-0.2, -0.15) is 0 Å². The molecule has 0 aliphatic carbocycles. The van der Waals surface area contributed by atoms with Crippen molar-refractivity contribution in [2.45, 2.75) is 65.1 Å². The summed E-state index contributed by atoms with van der Waals surface area (Å²) < 4.78 is 0. The Morgan fingerprint density at radius 1 is 1.27 bits per heavy atom. The fourth-order valence-electron chi connectivity index (χ4n) is 3.99. The molecule has 1 aromatic rings. The lowest BCUT2D eigenvalue weighted by molar-refractivity contribution is -0.141. The minimum absolute atomic E-state index is 0.0904. The number of hydrogen-bond donors (Lipinski definition) is 4. The highest BCUT2D eigenvalue weighted by Crippen LogP contribution is 2.27. The molecule has 0 aromatic heterocycles. The van der Waals surface area contributed by atoms with Crippen molar-refractivity contribution in [3.8, 4) is 5.75 Å². The number of nitrogens with one attached hydrogen (secondary N) is 2. The molecule has 33 heavy (non-hydrogen) atoms. The van der Waals surface area contributed by atoms with Gasteiger partial charge in [0.25, 0.3) is 0 Å². The molecule has 0 unspecified atom stereocenters. The average molecular weight is 460 g/mol. The van der Waals surface area contributed by atoms with Crippen molar-refractivity contribution in [3.05, 3.63) is 35.4 Å². The van der Waals surface area contributed by atoms with Crippen molar-refractivity contribution in [2.75, 3.05) is 6.54 Å². The predicted molar refractivity (Wildman–Crippen MR) is 123 cm³/mol. The molecule has 9 nitrogen and oxygen atoms in total. The Balaban J connectivity index is 2.14. The number of carboxylic acids is 1. The van der Waals surface area contributed by atoms with Crippen molar-refractivity contribution in [2.24, 2.45) is 5.92 Å². The van der Waals surface area contributed by atoms with Gasteiger partial charge in [-0.05, 0) is 61.4 Å². The zero-order valence-electron chi connectivity index (χ0n) is 19.6. The summed E-state index contributed by atoms with van der Waals surface area (Å²) in [5, 5.41) is 24.5. The number of phenolic OH excluding ortho intramolecular Hbond substituents is 1. The van der Waals surface area contributed by atoms with Gasteiger partial charge in [0.05, 0.1) is 12.5 Å². The lowest BCUT2D eigenvalue weighted by Crippen LogP contribution is -2.52. The van der Waals surface area contributed by atoms with Gasteiger partial charge in [0.15, 0.2) is 0 Å². The summed E-state index contributed by atoms with van der Waals surface area (Å²) in [4.78, 5) is 49.7. The Kier molecular flexibility index (Phi) is 8.62. The molecule has 0 radical (unpaired) electrons. The maximum Gasteiger partial charge on any atom is 0.305 e. The molecule has 1 heterocycles. The number of aromatic hydroxyl groups is 1. The number of benzene rings is 1. The van der Waals surface area contributed by atoms with Gasteiger partial charge in [-0.25, -0.2) is 0 Å². The molecule has 3 atom stereocenters. The van der Waals surface area contributed by atoms with Crippen LogP contribution in [0.3, 0.4) is 0 Å². The topological polar surface area (TPSA) is 136 Å². The second-order valence-electron chi connectivity index (χ2n) is 8.95. The zero-order chi connectivity index (χ0) is 24.9. The van der Waals surface area contributed by atoms with Crippen molar-refractivity contribution in [1.82, 2.24) is 15.5 Å². The standard InChI is InChI=1S/C24H33N3O6/c1-13(2)8-20(23(32)26-18(12-28)11-21(29)30)27-7-6-19(24(27)33)25-16(5)17-9-14(3)22(31)15(4)10-17/h9-10,12-13,18-20,25,31H,5-8,11H2,1-4H3,(H,26,32)(H,29,30)/t18-,19+,20-/m0/s1. The van der Waals surface area contributed by atoms with Gasteiger partial charge in [0.2, 0.25) is 11.8 Å². The van der Waals surface area contributed by atoms with Crippen LogP contribution in [0.1, 0.15) is 49.8 Å². The van der Waals surface area contributed by atoms with E-state index in [1.807, 2.05) is 13.8 Å². The van der Waals surface area contributed by atoms with Gasteiger partial charge in [0, 0.05) is 12.2 Å². The Bertz CT molecular complexity index is 919. The summed E-state index contributed by atoms with van der Waals surface area (Å²) in [5.41, 5.74) is 2.70. The highest BCUT2D eigenvalue weighted by atomic mass is 16.4. The van der Waals surface area contributed by atoms with Gasteiger partial charge in [-0.3, -0.25) is 14.4 Å². The number of likely N-dealkylation sites (tertiary alicyclic amines) is 1. The minimum atomic E-state index is -1.20. The molecule has 180 valence electrons. The largest absolute Gasteiger partial charge is 0.507 e. The molecule has 0 spiro atoms. The van der Waals surface area contributed by atoms with Crippen LogP contribution in [-0.4, -0.2) is 63.9 Å². The number of rotatable bonds is 11. The van der Waals surface area contributed by atoms with E-state index in [4.69, 9.17) is 5.11 Å². The van der Waals surface area contributed by atoms with E-state index in [9.17, 15) is 24.3 Å². The molecule has 2 rings (SSSR count). The fraction of sp³-hybridized carbons (Fsp3) is 0.500. The van der Waals surface area contributed by atoms with E-state index in [-0.39, 0.29) is 17.6 Å². The van der Waals surface area contributed by atoms with Crippen molar-refractivity contribution in [1.29, 1.82) is 0 Å². The molecule has 0 saturated carbocycles. The minimum Gasteiger partial charge on any atom is -0.507 e. The second kappa shape index (κ2) is 11.0. The second-order valence-corrected chi connectivity index (χ2v) is 8.95. The summed E-state index contributed by atoms with van der Waals surface area (Å²) in [6, 6.07) is 1.02. The molecule has 1 aliphatic rings. The number of hydrogen-bond acceptors (Lipinski definition) is 6. The fourth-order valence-corrected chi connectivity index (χ4v) is 3.99. The SMILES string of the molecule is C=C(N[C@@H]1CCN([C@@H](CC(C)C)C(=O)N[C@H](C=O)CC(=O)O)C1=O)c1cc(C)c(O)c(C)c1. The third-order valence-corrected chi connectivity index (χ3v) is 5.69. The van der Waals surface area contributed by atoms with Crippen LogP contribution in [0.25, 0.3) is 5.70 Å². The molecular weight excluding hydrogens is 426 g/mol. The van der Waals surface area contributed by atoms with Crippen molar-refractivity contribution >= 4 is 29.8 Å². The van der Waals surface area contributed by atoms with E-state index < -0.39 is 36.4 Å². The maximum absolute atomic E-state index is 13.2. The number of amides is 2. The first-order valence-corrected chi connectivity index (χ1v) is 11.0. The van der Waals surface area contributed by atoms with Crippen LogP contribution in [-0.2, 0) is 19.2 Å². The smallest absolute Gasteiger partial charge is 0.305 e. The Morgan fingerprint density at radius 3 is 2.39 bits per heavy atom. The van der Waals surface area contributed by atoms with E-state index in [1.165, 1.54) is 4.90 Å². The number of nitrogens with zero attached hydrogens (tertiary/aromatic N) is 1. The monoisotopic (exact) mass is 459 g/mol. The van der Waals surface area contributed by atoms with Crippen LogP contribution in [0.5, 0.6) is 5.75 Å². The highest BCUT2D eigenvalue weighted by Gasteiger charge is 2.39. The Morgan fingerprint density at radius 2 is 1.88 bits per heavy atom. The summed E-state index contributed by atoms with van der Waals surface area (Å²) in [6.45, 7) is 11.8. The maximum atomic E-state index is 13.2. The molecule has 1 saturated heterocycles. The van der Waals surface area contributed by atoms with E-state index in [0.717, 1.165) is 5.56 Å². The first-order valence-electron chi connectivity index (χ1n) is 11.0. The summed E-state index contributed by atoms with van der Waals surface area (Å²) in [7, 11) is 0. The third-order valence-electron chi connectivity index (χ3n) is 5.69. The van der Waals surface area contributed by atoms with Crippen LogP contribution in [0.2, 0.25) is 0 Å². The number of aryl methyl sites for hydroxylation is 2. The molecule has 1 fully saturated rings.